The Kier molecular flexibility index (Phi) is 6.14. The van der Waals surface area contributed by atoms with Crippen LogP contribution in [0.1, 0.15) is 21.8 Å². The molecule has 1 aliphatic rings. The van der Waals surface area contributed by atoms with Gasteiger partial charge in [-0.25, -0.2) is 4.98 Å². The Bertz CT molecular complexity index is 1070. The molecule has 11 heteroatoms. The zero-order valence-corrected chi connectivity index (χ0v) is 17.5. The van der Waals surface area contributed by atoms with Crippen molar-refractivity contribution in [3.05, 3.63) is 52.3 Å². The molecule has 0 saturated carbocycles. The van der Waals surface area contributed by atoms with Crippen LogP contribution >= 0.6 is 11.3 Å². The third-order valence-corrected chi connectivity index (χ3v) is 5.35. The number of benzene rings is 1. The Hall–Kier alpha value is -3.05. The lowest BCUT2D eigenvalue weighted by atomic mass is 10.1. The fraction of sp³-hybridized carbons (Fsp3) is 0.300. The van der Waals surface area contributed by atoms with E-state index in [1.165, 1.54) is 17.4 Å². The molecule has 162 valence electrons. The first kappa shape index (κ1) is 21.2. The lowest BCUT2D eigenvalue weighted by molar-refractivity contribution is -0.137. The van der Waals surface area contributed by atoms with E-state index in [2.05, 4.69) is 30.6 Å². The maximum absolute atomic E-state index is 13.0. The number of rotatable bonds is 5. The second kappa shape index (κ2) is 8.98. The number of hydrogen-bond donors (Lipinski definition) is 2. The summed E-state index contributed by atoms with van der Waals surface area (Å²) in [6.07, 6.45) is 0.500. The van der Waals surface area contributed by atoms with Crippen LogP contribution in [-0.2, 0) is 6.18 Å². The van der Waals surface area contributed by atoms with Gasteiger partial charge in [0.15, 0.2) is 11.0 Å². The molecule has 1 aliphatic heterocycles. The van der Waals surface area contributed by atoms with Crippen LogP contribution in [0.5, 0.6) is 0 Å². The normalized spacial score (nSPS) is 14.9. The Morgan fingerprint density at radius 1 is 1.13 bits per heavy atom. The fourth-order valence-corrected chi connectivity index (χ4v) is 3.67. The molecule has 0 spiro atoms. The number of hydrogen-bond acceptors (Lipinski definition) is 8. The number of thiazole rings is 1. The SMILES string of the molecule is Cc1cnc(Nc2nc(/C=C/c3cccc(C(F)(F)F)c3)nc(N3CCNCC3)n2)s1. The molecule has 1 aromatic carbocycles. The fourth-order valence-electron chi connectivity index (χ4n) is 3.01. The molecule has 3 aromatic rings. The van der Waals surface area contributed by atoms with Gasteiger partial charge >= 0.3 is 6.18 Å². The van der Waals surface area contributed by atoms with Crippen molar-refractivity contribution in [2.45, 2.75) is 13.1 Å². The summed E-state index contributed by atoms with van der Waals surface area (Å²) in [5.41, 5.74) is -0.294. The Labute approximate surface area is 181 Å². The van der Waals surface area contributed by atoms with Gasteiger partial charge in [0.25, 0.3) is 0 Å². The van der Waals surface area contributed by atoms with E-state index in [1.807, 2.05) is 11.8 Å². The van der Waals surface area contributed by atoms with E-state index < -0.39 is 11.7 Å². The van der Waals surface area contributed by atoms with E-state index >= 15 is 0 Å². The maximum Gasteiger partial charge on any atom is 0.416 e. The van der Waals surface area contributed by atoms with Crippen molar-refractivity contribution in [2.24, 2.45) is 0 Å². The molecule has 31 heavy (non-hydrogen) atoms. The average molecular weight is 447 g/mol. The van der Waals surface area contributed by atoms with E-state index in [9.17, 15) is 13.2 Å². The van der Waals surface area contributed by atoms with Crippen molar-refractivity contribution < 1.29 is 13.2 Å². The van der Waals surface area contributed by atoms with Gasteiger partial charge in [0.1, 0.15) is 0 Å². The summed E-state index contributed by atoms with van der Waals surface area (Å²) in [7, 11) is 0. The van der Waals surface area contributed by atoms with Gasteiger partial charge in [-0.2, -0.15) is 28.1 Å². The van der Waals surface area contributed by atoms with Crippen molar-refractivity contribution in [1.29, 1.82) is 0 Å². The summed E-state index contributed by atoms with van der Waals surface area (Å²) in [6.45, 7) is 5.07. The second-order valence-electron chi connectivity index (χ2n) is 6.91. The van der Waals surface area contributed by atoms with Gasteiger partial charge < -0.3 is 10.2 Å². The lowest BCUT2D eigenvalue weighted by Gasteiger charge is -2.27. The smallest absolute Gasteiger partial charge is 0.338 e. The molecule has 0 radical (unpaired) electrons. The molecule has 1 saturated heterocycles. The predicted octanol–water partition coefficient (Wildman–Crippen LogP) is 3.98. The Morgan fingerprint density at radius 3 is 2.65 bits per heavy atom. The van der Waals surface area contributed by atoms with Crippen molar-refractivity contribution in [3.8, 4) is 0 Å². The van der Waals surface area contributed by atoms with Gasteiger partial charge in [-0.1, -0.05) is 18.2 Å². The molecule has 2 N–H and O–H groups in total. The summed E-state index contributed by atoms with van der Waals surface area (Å²) in [5.74, 6) is 1.19. The zero-order chi connectivity index (χ0) is 21.8. The van der Waals surface area contributed by atoms with Gasteiger partial charge in [0.2, 0.25) is 11.9 Å². The molecular weight excluding hydrogens is 427 g/mol. The van der Waals surface area contributed by atoms with Crippen molar-refractivity contribution in [3.63, 3.8) is 0 Å². The largest absolute Gasteiger partial charge is 0.416 e. The number of anilines is 3. The maximum atomic E-state index is 13.0. The predicted molar refractivity (Wildman–Crippen MR) is 115 cm³/mol. The lowest BCUT2D eigenvalue weighted by Crippen LogP contribution is -2.44. The van der Waals surface area contributed by atoms with Crippen LogP contribution in [0.3, 0.4) is 0 Å². The van der Waals surface area contributed by atoms with Crippen molar-refractivity contribution in [2.75, 3.05) is 36.4 Å². The van der Waals surface area contributed by atoms with Crippen molar-refractivity contribution in [1.82, 2.24) is 25.3 Å². The van der Waals surface area contributed by atoms with Crippen molar-refractivity contribution >= 4 is 40.5 Å². The van der Waals surface area contributed by atoms with E-state index in [4.69, 9.17) is 0 Å². The topological polar surface area (TPSA) is 78.9 Å². The van der Waals surface area contributed by atoms with Crippen LogP contribution in [0.2, 0.25) is 0 Å². The summed E-state index contributed by atoms with van der Waals surface area (Å²) < 4.78 is 38.9. The van der Waals surface area contributed by atoms with E-state index in [0.29, 0.717) is 28.4 Å². The highest BCUT2D eigenvalue weighted by Gasteiger charge is 2.30. The minimum absolute atomic E-state index is 0.335. The zero-order valence-electron chi connectivity index (χ0n) is 16.6. The van der Waals surface area contributed by atoms with Gasteiger partial charge in [-0.3, -0.25) is 5.32 Å². The van der Waals surface area contributed by atoms with E-state index in [-0.39, 0.29) is 0 Å². The Morgan fingerprint density at radius 2 is 1.94 bits per heavy atom. The summed E-state index contributed by atoms with van der Waals surface area (Å²) in [4.78, 5) is 20.8. The molecule has 0 unspecified atom stereocenters. The monoisotopic (exact) mass is 447 g/mol. The first-order valence-corrected chi connectivity index (χ1v) is 10.4. The highest BCUT2D eigenvalue weighted by Crippen LogP contribution is 2.30. The number of alkyl halides is 3. The van der Waals surface area contributed by atoms with Crippen LogP contribution in [0.4, 0.5) is 30.2 Å². The molecule has 0 aliphatic carbocycles. The standard InChI is InChI=1S/C20H20F3N7S/c1-13-12-25-19(31-13)29-17-26-16(27-18(28-17)30-9-7-24-8-10-30)6-5-14-3-2-4-15(11-14)20(21,22)23/h2-6,11-12,24H,7-10H2,1H3,(H,25,26,27,28,29)/b6-5+. The molecule has 2 aromatic heterocycles. The first-order chi connectivity index (χ1) is 14.9. The van der Waals surface area contributed by atoms with E-state index in [0.717, 1.165) is 43.2 Å². The molecule has 1 fully saturated rings. The van der Waals surface area contributed by atoms with Crippen LogP contribution < -0.4 is 15.5 Å². The third-order valence-electron chi connectivity index (χ3n) is 4.52. The number of halogens is 3. The highest BCUT2D eigenvalue weighted by molar-refractivity contribution is 7.15. The summed E-state index contributed by atoms with van der Waals surface area (Å²) in [6, 6.07) is 5.11. The van der Waals surface area contributed by atoms with Crippen LogP contribution in [0.25, 0.3) is 12.2 Å². The second-order valence-corrected chi connectivity index (χ2v) is 8.15. The minimum atomic E-state index is -4.39. The number of nitrogens with one attached hydrogen (secondary N) is 2. The Balaban J connectivity index is 1.63. The molecule has 0 bridgehead atoms. The third kappa shape index (κ3) is 5.56. The summed E-state index contributed by atoms with van der Waals surface area (Å²) >= 11 is 1.47. The summed E-state index contributed by atoms with van der Waals surface area (Å²) in [5, 5.41) is 7.03. The van der Waals surface area contributed by atoms with E-state index in [1.54, 1.807) is 24.4 Å². The van der Waals surface area contributed by atoms with Gasteiger partial charge in [-0.05, 0) is 30.7 Å². The molecule has 0 atom stereocenters. The molecule has 4 rings (SSSR count). The quantitative estimate of drug-likeness (QED) is 0.613. The van der Waals surface area contributed by atoms with Gasteiger partial charge in [0, 0.05) is 37.3 Å². The minimum Gasteiger partial charge on any atom is -0.338 e. The molecule has 7 nitrogen and oxygen atoms in total. The van der Waals surface area contributed by atoms with Crippen LogP contribution in [0.15, 0.2) is 30.5 Å². The first-order valence-electron chi connectivity index (χ1n) is 9.63. The number of aryl methyl sites for hydroxylation is 1. The number of piperazine rings is 1. The van der Waals surface area contributed by atoms with Gasteiger partial charge in [0.05, 0.1) is 5.56 Å². The highest BCUT2D eigenvalue weighted by atomic mass is 32.1. The van der Waals surface area contributed by atoms with Crippen LogP contribution in [-0.4, -0.2) is 46.1 Å². The van der Waals surface area contributed by atoms with Crippen LogP contribution in [0, 0.1) is 6.92 Å². The number of nitrogens with zero attached hydrogens (tertiary/aromatic N) is 5. The van der Waals surface area contributed by atoms with Gasteiger partial charge in [-0.15, -0.1) is 11.3 Å². The number of aromatic nitrogens is 4. The molecule has 3 heterocycles. The molecule has 0 amide bonds. The molecular formula is C20H20F3N7S. The average Bonchev–Trinajstić information content (AvgIpc) is 3.17.